The summed E-state index contributed by atoms with van der Waals surface area (Å²) in [5.41, 5.74) is 8.65. The SMILES string of the molecule is Cc1cnc(C(=O)NCCc2ccc(S(=O)(=O)NCNc3c4c(cc5c3CCC5)CCC4)cc2)cn1. The van der Waals surface area contributed by atoms with Crippen molar-refractivity contribution < 1.29 is 13.2 Å². The number of sulfonamides is 1. The zero-order chi connectivity index (χ0) is 25.1. The summed E-state index contributed by atoms with van der Waals surface area (Å²) in [6, 6.07) is 9.11. The predicted octanol–water partition coefficient (Wildman–Crippen LogP) is 3.08. The van der Waals surface area contributed by atoms with E-state index in [1.54, 1.807) is 30.5 Å². The van der Waals surface area contributed by atoms with Gasteiger partial charge in [-0.15, -0.1) is 0 Å². The summed E-state index contributed by atoms with van der Waals surface area (Å²) in [5, 5.41) is 6.21. The zero-order valence-electron chi connectivity index (χ0n) is 20.4. The Morgan fingerprint density at radius 1 is 0.944 bits per heavy atom. The van der Waals surface area contributed by atoms with E-state index in [0.717, 1.165) is 55.5 Å². The van der Waals surface area contributed by atoms with Crippen molar-refractivity contribution in [3.63, 3.8) is 0 Å². The van der Waals surface area contributed by atoms with Crippen molar-refractivity contribution in [3.8, 4) is 0 Å². The molecule has 2 aliphatic carbocycles. The Hall–Kier alpha value is -3.30. The van der Waals surface area contributed by atoms with Crippen LogP contribution < -0.4 is 15.4 Å². The first-order valence-electron chi connectivity index (χ1n) is 12.5. The van der Waals surface area contributed by atoms with Crippen molar-refractivity contribution in [1.82, 2.24) is 20.0 Å². The van der Waals surface area contributed by atoms with Gasteiger partial charge in [-0.25, -0.2) is 13.4 Å². The molecule has 0 aliphatic heterocycles. The maximum atomic E-state index is 12.9. The van der Waals surface area contributed by atoms with Gasteiger partial charge >= 0.3 is 0 Å². The Kier molecular flexibility index (Phi) is 7.02. The summed E-state index contributed by atoms with van der Waals surface area (Å²) in [5.74, 6) is -0.284. The number of carbonyl (C=O) groups excluding carboxylic acids is 1. The minimum atomic E-state index is -3.65. The molecule has 188 valence electrons. The second-order valence-electron chi connectivity index (χ2n) is 9.43. The summed E-state index contributed by atoms with van der Waals surface area (Å²) in [4.78, 5) is 20.5. The first-order valence-corrected chi connectivity index (χ1v) is 13.9. The summed E-state index contributed by atoms with van der Waals surface area (Å²) in [6.07, 6.45) is 10.2. The van der Waals surface area contributed by atoms with Crippen molar-refractivity contribution in [1.29, 1.82) is 0 Å². The van der Waals surface area contributed by atoms with Crippen LogP contribution in [0.15, 0.2) is 47.6 Å². The van der Waals surface area contributed by atoms with E-state index in [4.69, 9.17) is 0 Å². The molecule has 0 unspecified atom stereocenters. The second-order valence-corrected chi connectivity index (χ2v) is 11.2. The molecule has 36 heavy (non-hydrogen) atoms. The van der Waals surface area contributed by atoms with Crippen molar-refractivity contribution in [2.75, 3.05) is 18.5 Å². The van der Waals surface area contributed by atoms with Gasteiger partial charge in [0.25, 0.3) is 5.91 Å². The molecule has 8 nitrogen and oxygen atoms in total. The van der Waals surface area contributed by atoms with E-state index in [2.05, 4.69) is 31.4 Å². The fourth-order valence-electron chi connectivity index (χ4n) is 5.09. The number of hydrogen-bond donors (Lipinski definition) is 3. The van der Waals surface area contributed by atoms with E-state index in [0.29, 0.717) is 13.0 Å². The van der Waals surface area contributed by atoms with Crippen molar-refractivity contribution >= 4 is 21.6 Å². The van der Waals surface area contributed by atoms with Crippen LogP contribution in [0.1, 0.15) is 56.8 Å². The topological polar surface area (TPSA) is 113 Å². The molecule has 9 heteroatoms. The van der Waals surface area contributed by atoms with Crippen molar-refractivity contribution in [2.45, 2.75) is 56.8 Å². The summed E-state index contributed by atoms with van der Waals surface area (Å²) >= 11 is 0. The largest absolute Gasteiger partial charge is 0.371 e. The summed E-state index contributed by atoms with van der Waals surface area (Å²) in [6.45, 7) is 2.37. The third-order valence-electron chi connectivity index (χ3n) is 6.95. The third kappa shape index (κ3) is 5.27. The highest BCUT2D eigenvalue weighted by Gasteiger charge is 2.24. The monoisotopic (exact) mass is 505 g/mol. The smallest absolute Gasteiger partial charge is 0.271 e. The lowest BCUT2D eigenvalue weighted by Gasteiger charge is -2.17. The van der Waals surface area contributed by atoms with Crippen LogP contribution in [0.2, 0.25) is 0 Å². The van der Waals surface area contributed by atoms with Gasteiger partial charge in [-0.1, -0.05) is 18.2 Å². The van der Waals surface area contributed by atoms with Crippen molar-refractivity contribution in [3.05, 3.63) is 81.9 Å². The number of carbonyl (C=O) groups is 1. The first-order chi connectivity index (χ1) is 17.4. The number of hydrogen-bond acceptors (Lipinski definition) is 6. The van der Waals surface area contributed by atoms with Crippen LogP contribution in [0, 0.1) is 6.92 Å². The molecule has 0 saturated heterocycles. The number of aromatic nitrogens is 2. The fourth-order valence-corrected chi connectivity index (χ4v) is 6.01. The molecule has 0 fully saturated rings. The average Bonchev–Trinajstić information content (AvgIpc) is 3.54. The normalized spacial score (nSPS) is 14.4. The van der Waals surface area contributed by atoms with E-state index < -0.39 is 10.0 Å². The minimum absolute atomic E-state index is 0.154. The molecule has 1 heterocycles. The Labute approximate surface area is 212 Å². The standard InChI is InChI=1S/C27H31N5O3S/c1-18-15-30-25(16-29-18)27(33)28-13-12-19-8-10-22(11-9-19)36(34,35)32-17-31-26-23-6-2-4-20(23)14-21-5-3-7-24(21)26/h8-11,14-16,31-32H,2-7,12-13,17H2,1H3,(H,28,33). The lowest BCUT2D eigenvalue weighted by molar-refractivity contribution is 0.0948. The molecule has 0 saturated carbocycles. The van der Waals surface area contributed by atoms with E-state index in [1.165, 1.54) is 28.5 Å². The third-order valence-corrected chi connectivity index (χ3v) is 8.36. The number of anilines is 1. The van der Waals surface area contributed by atoms with Gasteiger partial charge in [0.2, 0.25) is 10.0 Å². The molecule has 1 amide bonds. The van der Waals surface area contributed by atoms with Gasteiger partial charge in [-0.3, -0.25) is 9.78 Å². The molecular formula is C27H31N5O3S. The highest BCUT2D eigenvalue weighted by Crippen LogP contribution is 2.38. The number of nitrogens with zero attached hydrogens (tertiary/aromatic N) is 2. The van der Waals surface area contributed by atoms with Gasteiger partial charge < -0.3 is 10.6 Å². The number of amides is 1. The number of aryl methyl sites for hydroxylation is 3. The van der Waals surface area contributed by atoms with Gasteiger partial charge in [0.05, 0.1) is 23.5 Å². The summed E-state index contributed by atoms with van der Waals surface area (Å²) < 4.78 is 28.4. The van der Waals surface area contributed by atoms with E-state index in [-0.39, 0.29) is 23.2 Å². The van der Waals surface area contributed by atoms with E-state index >= 15 is 0 Å². The van der Waals surface area contributed by atoms with Gasteiger partial charge in [0.15, 0.2) is 0 Å². The van der Waals surface area contributed by atoms with Crippen LogP contribution in [0.3, 0.4) is 0 Å². The molecular weight excluding hydrogens is 474 g/mol. The van der Waals surface area contributed by atoms with Crippen LogP contribution in [0.25, 0.3) is 0 Å². The highest BCUT2D eigenvalue weighted by atomic mass is 32.2. The van der Waals surface area contributed by atoms with Crippen LogP contribution in [0.4, 0.5) is 5.69 Å². The number of nitrogens with one attached hydrogen (secondary N) is 3. The minimum Gasteiger partial charge on any atom is -0.371 e. The molecule has 0 bridgehead atoms. The molecule has 3 N–H and O–H groups in total. The average molecular weight is 506 g/mol. The van der Waals surface area contributed by atoms with Crippen LogP contribution in [-0.2, 0) is 42.1 Å². The molecule has 2 aliphatic rings. The molecule has 1 aromatic heterocycles. The molecule has 5 rings (SSSR count). The highest BCUT2D eigenvalue weighted by molar-refractivity contribution is 7.89. The lowest BCUT2D eigenvalue weighted by Crippen LogP contribution is -2.29. The molecule has 3 aromatic rings. The predicted molar refractivity (Wildman–Crippen MR) is 139 cm³/mol. The Morgan fingerprint density at radius 3 is 2.28 bits per heavy atom. The second kappa shape index (κ2) is 10.4. The Bertz CT molecular complexity index is 1340. The molecule has 2 aromatic carbocycles. The van der Waals surface area contributed by atoms with Crippen LogP contribution >= 0.6 is 0 Å². The molecule has 0 atom stereocenters. The van der Waals surface area contributed by atoms with E-state index in [1.807, 2.05) is 6.92 Å². The van der Waals surface area contributed by atoms with Gasteiger partial charge in [-0.2, -0.15) is 4.72 Å². The first kappa shape index (κ1) is 24.4. The van der Waals surface area contributed by atoms with Crippen molar-refractivity contribution in [2.24, 2.45) is 0 Å². The van der Waals surface area contributed by atoms with Gasteiger partial charge in [0, 0.05) is 18.4 Å². The van der Waals surface area contributed by atoms with Crippen LogP contribution in [-0.4, -0.2) is 37.5 Å². The fraction of sp³-hybridized carbons (Fsp3) is 0.370. The van der Waals surface area contributed by atoms with Gasteiger partial charge in [-0.05, 0) is 91.8 Å². The maximum absolute atomic E-state index is 12.9. The van der Waals surface area contributed by atoms with E-state index in [9.17, 15) is 13.2 Å². The summed E-state index contributed by atoms with van der Waals surface area (Å²) in [7, 11) is -3.65. The van der Waals surface area contributed by atoms with Crippen LogP contribution in [0.5, 0.6) is 0 Å². The number of fused-ring (bicyclic) bond motifs is 2. The molecule has 0 radical (unpaired) electrons. The zero-order valence-corrected chi connectivity index (χ0v) is 21.2. The number of benzene rings is 2. The molecule has 0 spiro atoms. The van der Waals surface area contributed by atoms with Gasteiger partial charge in [0.1, 0.15) is 5.69 Å². The number of rotatable bonds is 9. The Balaban J connectivity index is 1.15. The quantitative estimate of drug-likeness (QED) is 0.385. The lowest BCUT2D eigenvalue weighted by atomic mass is 9.99. The maximum Gasteiger partial charge on any atom is 0.271 e. The Morgan fingerprint density at radius 2 is 1.64 bits per heavy atom.